The number of amides is 2. The molecule has 1 aromatic rings. The first-order chi connectivity index (χ1) is 15.1. The van der Waals surface area contributed by atoms with Gasteiger partial charge < -0.3 is 25.0 Å². The first-order valence-electron chi connectivity index (χ1n) is 12.2. The Morgan fingerprint density at radius 3 is 2.65 bits per heavy atom. The van der Waals surface area contributed by atoms with Crippen LogP contribution in [-0.2, 0) is 0 Å². The van der Waals surface area contributed by atoms with Crippen molar-refractivity contribution in [1.29, 1.82) is 0 Å². The zero-order chi connectivity index (χ0) is 21.8. The molecular formula is C25H39N3O3. The fourth-order valence-corrected chi connectivity index (χ4v) is 6.54. The van der Waals surface area contributed by atoms with E-state index in [9.17, 15) is 4.79 Å². The molecule has 2 bridgehead atoms. The van der Waals surface area contributed by atoms with Gasteiger partial charge in [0.05, 0.1) is 13.2 Å². The fraction of sp³-hybridized carbons (Fsp3) is 0.720. The summed E-state index contributed by atoms with van der Waals surface area (Å²) in [6.07, 6.45) is 9.30. The second-order valence-corrected chi connectivity index (χ2v) is 9.76. The molecule has 2 saturated heterocycles. The minimum atomic E-state index is -0.0920. The number of rotatable bonds is 7. The van der Waals surface area contributed by atoms with Gasteiger partial charge in [-0.05, 0) is 74.1 Å². The Bertz CT molecular complexity index is 732. The van der Waals surface area contributed by atoms with E-state index in [4.69, 9.17) is 9.84 Å². The number of aliphatic hydroxyl groups excluding tert-OH is 1. The number of urea groups is 1. The number of benzene rings is 1. The lowest BCUT2D eigenvalue weighted by atomic mass is 9.49. The molecule has 4 fully saturated rings. The summed E-state index contributed by atoms with van der Waals surface area (Å²) in [5.74, 6) is 2.16. The molecule has 2 amide bonds. The highest BCUT2D eigenvalue weighted by Crippen LogP contribution is 2.61. The number of hydrogen-bond donors (Lipinski definition) is 2. The Hall–Kier alpha value is -1.95. The average molecular weight is 430 g/mol. The Morgan fingerprint density at radius 2 is 1.97 bits per heavy atom. The van der Waals surface area contributed by atoms with Crippen LogP contribution in [0.5, 0.6) is 5.75 Å². The number of anilines is 1. The monoisotopic (exact) mass is 429 g/mol. The van der Waals surface area contributed by atoms with E-state index < -0.39 is 0 Å². The van der Waals surface area contributed by atoms with Crippen LogP contribution in [0.1, 0.15) is 51.9 Å². The predicted molar refractivity (Wildman–Crippen MR) is 124 cm³/mol. The molecule has 0 aromatic heterocycles. The van der Waals surface area contributed by atoms with Crippen LogP contribution in [0.3, 0.4) is 0 Å². The Balaban J connectivity index is 1.54. The van der Waals surface area contributed by atoms with Crippen LogP contribution in [0.25, 0.3) is 0 Å². The minimum Gasteiger partial charge on any atom is -0.494 e. The van der Waals surface area contributed by atoms with Crippen LogP contribution in [0, 0.1) is 17.3 Å². The molecule has 4 aliphatic rings. The zero-order valence-electron chi connectivity index (χ0n) is 19.2. The van der Waals surface area contributed by atoms with Gasteiger partial charge in [-0.3, -0.25) is 0 Å². The lowest BCUT2D eigenvalue weighted by Crippen LogP contribution is -2.60. The average Bonchev–Trinajstić information content (AvgIpc) is 3.06. The molecule has 2 saturated carbocycles. The third-order valence-electron chi connectivity index (χ3n) is 7.96. The first kappa shape index (κ1) is 22.3. The Kier molecular flexibility index (Phi) is 6.95. The molecule has 2 N–H and O–H groups in total. The molecule has 2 aliphatic carbocycles. The molecule has 1 aromatic carbocycles. The van der Waals surface area contributed by atoms with Gasteiger partial charge >= 0.3 is 6.03 Å². The molecule has 1 spiro atoms. The van der Waals surface area contributed by atoms with Crippen molar-refractivity contribution in [3.8, 4) is 5.75 Å². The van der Waals surface area contributed by atoms with Crippen molar-refractivity contribution in [1.82, 2.24) is 10.2 Å². The summed E-state index contributed by atoms with van der Waals surface area (Å²) in [7, 11) is 1.87. The van der Waals surface area contributed by atoms with Crippen molar-refractivity contribution in [3.05, 3.63) is 24.3 Å². The number of nitrogens with zero attached hydrogens (tertiary/aromatic N) is 2. The highest BCUT2D eigenvalue weighted by Gasteiger charge is 2.58. The summed E-state index contributed by atoms with van der Waals surface area (Å²) in [6, 6.07) is 9.15. The Morgan fingerprint density at radius 1 is 1.23 bits per heavy atom. The maximum Gasteiger partial charge on any atom is 0.317 e. The normalized spacial score (nSPS) is 26.7. The molecule has 172 valence electrons. The maximum atomic E-state index is 12.4. The summed E-state index contributed by atoms with van der Waals surface area (Å²) in [4.78, 5) is 16.8. The number of carbonyl (C=O) groups is 1. The first-order valence-corrected chi connectivity index (χ1v) is 12.2. The summed E-state index contributed by atoms with van der Waals surface area (Å²) in [6.45, 7) is 4.73. The molecule has 6 heteroatoms. The van der Waals surface area contributed by atoms with E-state index in [1.165, 1.54) is 50.6 Å². The molecule has 3 atom stereocenters. The second kappa shape index (κ2) is 9.68. The molecule has 5 rings (SSSR count). The number of ether oxygens (including phenoxy) is 1. The summed E-state index contributed by atoms with van der Waals surface area (Å²) in [5.41, 5.74) is 1.75. The summed E-state index contributed by atoms with van der Waals surface area (Å²) < 4.78 is 5.66. The zero-order valence-corrected chi connectivity index (χ0v) is 19.2. The van der Waals surface area contributed by atoms with Gasteiger partial charge in [-0.25, -0.2) is 4.79 Å². The minimum absolute atomic E-state index is 0.0270. The van der Waals surface area contributed by atoms with Crippen LogP contribution in [0.15, 0.2) is 24.3 Å². The van der Waals surface area contributed by atoms with Crippen LogP contribution >= 0.6 is 0 Å². The number of aliphatic hydroxyl groups is 1. The molecule has 0 radical (unpaired) electrons. The second-order valence-electron chi connectivity index (χ2n) is 9.76. The number of carbonyl (C=O) groups excluding carboxylic acids is 1. The number of nitrogens with one attached hydrogen (secondary N) is 1. The van der Waals surface area contributed by atoms with E-state index in [0.717, 1.165) is 24.8 Å². The highest BCUT2D eigenvalue weighted by molar-refractivity contribution is 5.73. The number of fused-ring (bicyclic) bond motifs is 3. The number of hydrogen-bond acceptors (Lipinski definition) is 4. The molecule has 2 heterocycles. The molecule has 31 heavy (non-hydrogen) atoms. The topological polar surface area (TPSA) is 65.0 Å². The van der Waals surface area contributed by atoms with E-state index in [1.807, 2.05) is 14.0 Å². The van der Waals surface area contributed by atoms with E-state index in [1.54, 1.807) is 4.90 Å². The quantitative estimate of drug-likeness (QED) is 0.690. The van der Waals surface area contributed by atoms with Gasteiger partial charge in [-0.15, -0.1) is 0 Å². The third-order valence-corrected chi connectivity index (χ3v) is 7.96. The van der Waals surface area contributed by atoms with Crippen molar-refractivity contribution in [2.24, 2.45) is 17.3 Å². The smallest absolute Gasteiger partial charge is 0.317 e. The fourth-order valence-electron chi connectivity index (χ4n) is 6.54. The van der Waals surface area contributed by atoms with Crippen molar-refractivity contribution in [2.75, 3.05) is 44.8 Å². The van der Waals surface area contributed by atoms with E-state index in [-0.39, 0.29) is 12.6 Å². The summed E-state index contributed by atoms with van der Waals surface area (Å²) >= 11 is 0. The SMILES string of the molecule is CCOc1ccc(N2CC(CN(C)C(=O)NCCO)CC3CC2C32CCCCC2)cc1. The van der Waals surface area contributed by atoms with Gasteiger partial charge in [0.2, 0.25) is 0 Å². The predicted octanol–water partition coefficient (Wildman–Crippen LogP) is 3.88. The van der Waals surface area contributed by atoms with E-state index >= 15 is 0 Å². The van der Waals surface area contributed by atoms with Crippen molar-refractivity contribution >= 4 is 11.7 Å². The highest BCUT2D eigenvalue weighted by atomic mass is 16.5. The lowest BCUT2D eigenvalue weighted by molar-refractivity contribution is -0.0366. The van der Waals surface area contributed by atoms with E-state index in [2.05, 4.69) is 34.5 Å². The summed E-state index contributed by atoms with van der Waals surface area (Å²) in [5, 5.41) is 11.8. The molecular weight excluding hydrogens is 390 g/mol. The molecule has 2 aliphatic heterocycles. The van der Waals surface area contributed by atoms with Crippen LogP contribution in [-0.4, -0.2) is 62.0 Å². The van der Waals surface area contributed by atoms with Gasteiger partial charge in [0, 0.05) is 38.4 Å². The molecule has 6 nitrogen and oxygen atoms in total. The van der Waals surface area contributed by atoms with Crippen molar-refractivity contribution in [2.45, 2.75) is 57.9 Å². The largest absolute Gasteiger partial charge is 0.494 e. The van der Waals surface area contributed by atoms with Crippen LogP contribution in [0.4, 0.5) is 10.5 Å². The van der Waals surface area contributed by atoms with Crippen LogP contribution in [0.2, 0.25) is 0 Å². The third kappa shape index (κ3) is 4.50. The lowest BCUT2D eigenvalue weighted by Gasteiger charge is -2.60. The van der Waals surface area contributed by atoms with Crippen molar-refractivity contribution in [3.63, 3.8) is 0 Å². The van der Waals surface area contributed by atoms with Gasteiger partial charge in [-0.1, -0.05) is 19.3 Å². The van der Waals surface area contributed by atoms with Crippen molar-refractivity contribution < 1.29 is 14.6 Å². The van der Waals surface area contributed by atoms with E-state index in [0.29, 0.717) is 30.5 Å². The van der Waals surface area contributed by atoms with Gasteiger partial charge in [0.25, 0.3) is 0 Å². The van der Waals surface area contributed by atoms with Gasteiger partial charge in [-0.2, -0.15) is 0 Å². The molecule has 3 unspecified atom stereocenters. The van der Waals surface area contributed by atoms with Gasteiger partial charge in [0.15, 0.2) is 0 Å². The van der Waals surface area contributed by atoms with Gasteiger partial charge in [0.1, 0.15) is 5.75 Å². The standard InChI is InChI=1S/C25H39N3O3/c1-3-31-22-9-7-21(8-10-22)28-18-19(17-27(2)24(30)26-13-14-29)15-20-16-23(28)25(20)11-5-4-6-12-25/h7-10,19-20,23,29H,3-6,11-18H2,1-2H3,(H,26,30). The maximum absolute atomic E-state index is 12.4. The van der Waals surface area contributed by atoms with Crippen LogP contribution < -0.4 is 15.0 Å². The Labute approximate surface area is 186 Å².